The molecule has 8 unspecified atom stereocenters. The van der Waals surface area contributed by atoms with E-state index >= 15 is 0 Å². The van der Waals surface area contributed by atoms with Crippen LogP contribution in [0.2, 0.25) is 0 Å². The Morgan fingerprint density at radius 2 is 1.00 bits per heavy atom. The Balaban J connectivity index is 2.03. The third-order valence-corrected chi connectivity index (χ3v) is 9.22. The van der Waals surface area contributed by atoms with E-state index in [0.717, 1.165) is 0 Å². The van der Waals surface area contributed by atoms with Crippen molar-refractivity contribution in [2.45, 2.75) is 19.5 Å². The fourth-order valence-electron chi connectivity index (χ4n) is 5.42. The van der Waals surface area contributed by atoms with Crippen LogP contribution in [0.3, 0.4) is 0 Å². The van der Waals surface area contributed by atoms with Gasteiger partial charge in [0, 0.05) is 0 Å². The lowest BCUT2D eigenvalue weighted by Gasteiger charge is -2.57. The van der Waals surface area contributed by atoms with E-state index in [-0.39, 0.29) is 11.6 Å². The Labute approximate surface area is 121 Å². The van der Waals surface area contributed by atoms with Crippen molar-refractivity contribution in [1.82, 2.24) is 0 Å². The predicted octanol–water partition coefficient (Wildman–Crippen LogP) is 1.14. The van der Waals surface area contributed by atoms with Crippen molar-refractivity contribution in [3.05, 3.63) is 0 Å². The highest BCUT2D eigenvalue weighted by molar-refractivity contribution is 6.66. The highest BCUT2D eigenvalue weighted by atomic mass is 35.5. The Morgan fingerprint density at radius 1 is 0.667 bits per heavy atom. The lowest BCUT2D eigenvalue weighted by atomic mass is 9.57. The van der Waals surface area contributed by atoms with Gasteiger partial charge in [-0.2, -0.15) is 0 Å². The van der Waals surface area contributed by atoms with Gasteiger partial charge >= 0.3 is 0 Å². The van der Waals surface area contributed by atoms with Crippen molar-refractivity contribution < 1.29 is 14.4 Å². The Hall–Kier alpha value is 0.170. The maximum Gasteiger partial charge on any atom is 0.179 e. The molecule has 0 aromatic rings. The number of alkyl halides is 4. The van der Waals surface area contributed by atoms with E-state index in [0.29, 0.717) is 0 Å². The topological polar surface area (TPSA) is 51.2 Å². The van der Waals surface area contributed by atoms with E-state index < -0.39 is 49.0 Å². The van der Waals surface area contributed by atoms with Crippen LogP contribution in [0.1, 0.15) is 0 Å². The fourth-order valence-corrected chi connectivity index (χ4v) is 8.27. The first kappa shape index (κ1) is 10.9. The van der Waals surface area contributed by atoms with Gasteiger partial charge in [0.2, 0.25) is 0 Å². The van der Waals surface area contributed by atoms with Gasteiger partial charge in [0.1, 0.15) is 31.1 Å². The standard InChI is InChI=1S/C11H4Cl4O3/c12-8-1-2-6(17)4-3(5(1)16)10(8,14)11(4,15)9(2,13)7(8)18/h1-4H. The number of hydrogen-bond donors (Lipinski definition) is 0. The maximum absolute atomic E-state index is 12.5. The second kappa shape index (κ2) is 2.20. The molecular formula is C11H4Cl4O3. The average molecular weight is 326 g/mol. The molecule has 7 heteroatoms. The summed E-state index contributed by atoms with van der Waals surface area (Å²) in [6.45, 7) is 0. The Bertz CT molecular complexity index is 582. The number of halogens is 4. The summed E-state index contributed by atoms with van der Waals surface area (Å²) in [6.07, 6.45) is 0. The zero-order valence-corrected chi connectivity index (χ0v) is 11.6. The Morgan fingerprint density at radius 3 is 1.33 bits per heavy atom. The van der Waals surface area contributed by atoms with Crippen LogP contribution in [-0.4, -0.2) is 36.8 Å². The monoisotopic (exact) mass is 324 g/mol. The van der Waals surface area contributed by atoms with Gasteiger partial charge in [0.25, 0.3) is 0 Å². The van der Waals surface area contributed by atoms with Crippen molar-refractivity contribution >= 4 is 63.8 Å². The van der Waals surface area contributed by atoms with Gasteiger partial charge in [0.05, 0.1) is 23.7 Å². The van der Waals surface area contributed by atoms with Crippen molar-refractivity contribution in [2.75, 3.05) is 0 Å². The minimum atomic E-state index is -1.59. The van der Waals surface area contributed by atoms with Gasteiger partial charge in [0.15, 0.2) is 5.78 Å². The van der Waals surface area contributed by atoms with Crippen LogP contribution in [0, 0.1) is 23.7 Å². The van der Waals surface area contributed by atoms with Gasteiger partial charge in [-0.05, 0) is 0 Å². The van der Waals surface area contributed by atoms with Gasteiger partial charge in [-0.3, -0.25) is 14.4 Å². The zero-order valence-electron chi connectivity index (χ0n) is 8.55. The molecule has 0 aromatic heterocycles. The van der Waals surface area contributed by atoms with Crippen molar-refractivity contribution in [3.63, 3.8) is 0 Å². The second-order valence-corrected chi connectivity index (χ2v) is 8.28. The molecule has 0 N–H and O–H groups in total. The first-order valence-corrected chi connectivity index (χ1v) is 7.11. The molecule has 0 aromatic carbocycles. The molecule has 0 saturated heterocycles. The van der Waals surface area contributed by atoms with E-state index in [1.165, 1.54) is 0 Å². The third-order valence-electron chi connectivity index (χ3n) is 5.86. The number of Topliss-reactive ketones (excluding diaryl/α,β-unsaturated/α-hetero) is 3. The van der Waals surface area contributed by atoms with Crippen LogP contribution in [0.15, 0.2) is 0 Å². The van der Waals surface area contributed by atoms with Crippen molar-refractivity contribution in [3.8, 4) is 0 Å². The summed E-state index contributed by atoms with van der Waals surface area (Å²) in [5.74, 6) is -4.19. The molecule has 2 bridgehead atoms. The molecule has 0 spiro atoms. The van der Waals surface area contributed by atoms with Crippen molar-refractivity contribution in [1.29, 1.82) is 0 Å². The number of carbonyl (C=O) groups excluding carboxylic acids is 3. The van der Waals surface area contributed by atoms with Gasteiger partial charge < -0.3 is 0 Å². The van der Waals surface area contributed by atoms with E-state index in [2.05, 4.69) is 0 Å². The molecule has 0 heterocycles. The summed E-state index contributed by atoms with van der Waals surface area (Å²) < 4.78 is 0. The van der Waals surface area contributed by atoms with Crippen LogP contribution in [0.5, 0.6) is 0 Å². The zero-order chi connectivity index (χ0) is 13.0. The second-order valence-electron chi connectivity index (χ2n) is 5.89. The fraction of sp³-hybridized carbons (Fsp3) is 0.727. The largest absolute Gasteiger partial charge is 0.299 e. The molecule has 8 atom stereocenters. The molecule has 0 amide bonds. The van der Waals surface area contributed by atoms with Gasteiger partial charge in [-0.15, -0.1) is 46.4 Å². The molecule has 0 aliphatic heterocycles. The molecular weight excluding hydrogens is 322 g/mol. The highest BCUT2D eigenvalue weighted by Crippen LogP contribution is 2.91. The SMILES string of the molecule is O=C1C2C3C(=O)C4C1C1(Cl)C2(Cl)C(=O)C3(Cl)C41Cl. The minimum Gasteiger partial charge on any atom is -0.299 e. The predicted molar refractivity (Wildman–Crippen MR) is 63.3 cm³/mol. The first-order chi connectivity index (χ1) is 8.21. The molecule has 5 rings (SSSR count). The molecule has 5 saturated carbocycles. The lowest BCUT2D eigenvalue weighted by Crippen LogP contribution is -2.73. The van der Waals surface area contributed by atoms with Crippen LogP contribution in [-0.2, 0) is 14.4 Å². The number of rotatable bonds is 0. The summed E-state index contributed by atoms with van der Waals surface area (Å²) in [7, 11) is 0. The minimum absolute atomic E-state index is 0.209. The quantitative estimate of drug-likeness (QED) is 0.627. The third kappa shape index (κ3) is 0.490. The summed E-state index contributed by atoms with van der Waals surface area (Å²) >= 11 is 25.8. The molecule has 0 radical (unpaired) electrons. The number of fused-ring (bicyclic) bond motifs is 2. The number of carbonyl (C=O) groups is 3. The summed E-state index contributed by atoms with van der Waals surface area (Å²) in [4.78, 5) is 31.1. The molecule has 3 nitrogen and oxygen atoms in total. The molecule has 94 valence electrons. The maximum atomic E-state index is 12.5. The van der Waals surface area contributed by atoms with Crippen LogP contribution >= 0.6 is 46.4 Å². The van der Waals surface area contributed by atoms with E-state index in [1.54, 1.807) is 0 Å². The lowest BCUT2D eigenvalue weighted by molar-refractivity contribution is -0.143. The summed E-state index contributed by atoms with van der Waals surface area (Å²) in [6, 6.07) is 0. The molecule has 5 fully saturated rings. The summed E-state index contributed by atoms with van der Waals surface area (Å²) in [5, 5.41) is 0. The van der Waals surface area contributed by atoms with E-state index in [4.69, 9.17) is 46.4 Å². The molecule has 5 aliphatic rings. The number of hydrogen-bond acceptors (Lipinski definition) is 3. The van der Waals surface area contributed by atoms with Crippen LogP contribution < -0.4 is 0 Å². The van der Waals surface area contributed by atoms with E-state index in [9.17, 15) is 14.4 Å². The van der Waals surface area contributed by atoms with Crippen molar-refractivity contribution in [2.24, 2.45) is 23.7 Å². The molecule has 5 aliphatic carbocycles. The van der Waals surface area contributed by atoms with Crippen LogP contribution in [0.4, 0.5) is 0 Å². The first-order valence-electron chi connectivity index (χ1n) is 5.59. The number of ketones is 3. The van der Waals surface area contributed by atoms with Gasteiger partial charge in [-0.25, -0.2) is 0 Å². The molecule has 18 heavy (non-hydrogen) atoms. The van der Waals surface area contributed by atoms with E-state index in [1.807, 2.05) is 0 Å². The smallest absolute Gasteiger partial charge is 0.179 e. The normalized spacial score (nSPS) is 73.7. The van der Waals surface area contributed by atoms with Crippen LogP contribution in [0.25, 0.3) is 0 Å². The Kier molecular flexibility index (Phi) is 1.33. The average Bonchev–Trinajstić information content (AvgIpc) is 2.60. The van der Waals surface area contributed by atoms with Gasteiger partial charge in [-0.1, -0.05) is 0 Å². The summed E-state index contributed by atoms with van der Waals surface area (Å²) in [5.41, 5.74) is 0. The highest BCUT2D eigenvalue weighted by Gasteiger charge is 3.08.